The first kappa shape index (κ1) is 13.9. The topological polar surface area (TPSA) is 42.4 Å². The Labute approximate surface area is 128 Å². The van der Waals surface area contributed by atoms with E-state index < -0.39 is 0 Å². The van der Waals surface area contributed by atoms with Crippen molar-refractivity contribution in [2.75, 3.05) is 6.54 Å². The van der Waals surface area contributed by atoms with E-state index in [0.717, 1.165) is 16.7 Å². The molecule has 108 valence electrons. The molecule has 1 aromatic heterocycles. The first-order valence-electron chi connectivity index (χ1n) is 6.82. The Balaban J connectivity index is 1.62. The maximum Gasteiger partial charge on any atom is 0.410 e. The van der Waals surface area contributed by atoms with Crippen LogP contribution in [0.15, 0.2) is 42.6 Å². The summed E-state index contributed by atoms with van der Waals surface area (Å²) in [5.41, 5.74) is 3.06. The standard InChI is InChI=1S/C16H15ClN2O2/c17-15-14-7-9-19(10-13(14)6-8-18-15)16(20)21-11-12-4-2-1-3-5-12/h1-6,8H,7,9-11H2. The molecule has 4 nitrogen and oxygen atoms in total. The van der Waals surface area contributed by atoms with Gasteiger partial charge in [-0.25, -0.2) is 9.78 Å². The molecule has 0 bridgehead atoms. The molecule has 1 aliphatic rings. The van der Waals surface area contributed by atoms with Crippen LogP contribution in [0.3, 0.4) is 0 Å². The van der Waals surface area contributed by atoms with Gasteiger partial charge in [-0.1, -0.05) is 41.9 Å². The van der Waals surface area contributed by atoms with Gasteiger partial charge in [-0.05, 0) is 29.2 Å². The third-order valence-electron chi connectivity index (χ3n) is 3.56. The number of fused-ring (bicyclic) bond motifs is 1. The number of hydrogen-bond donors (Lipinski definition) is 0. The van der Waals surface area contributed by atoms with Gasteiger partial charge in [0.05, 0.1) is 0 Å². The lowest BCUT2D eigenvalue weighted by Crippen LogP contribution is -2.36. The fourth-order valence-corrected chi connectivity index (χ4v) is 2.69. The van der Waals surface area contributed by atoms with Crippen LogP contribution < -0.4 is 0 Å². The summed E-state index contributed by atoms with van der Waals surface area (Å²) in [6.07, 6.45) is 2.08. The quantitative estimate of drug-likeness (QED) is 0.798. The average Bonchev–Trinajstić information content (AvgIpc) is 2.53. The molecule has 2 aromatic rings. The van der Waals surface area contributed by atoms with Gasteiger partial charge in [-0.2, -0.15) is 0 Å². The number of halogens is 1. The Kier molecular flexibility index (Phi) is 4.06. The summed E-state index contributed by atoms with van der Waals surface area (Å²) in [5, 5.41) is 0.532. The van der Waals surface area contributed by atoms with Crippen molar-refractivity contribution in [2.24, 2.45) is 0 Å². The largest absolute Gasteiger partial charge is 0.445 e. The predicted octanol–water partition coefficient (Wildman–Crippen LogP) is 3.43. The van der Waals surface area contributed by atoms with Crippen LogP contribution in [0.2, 0.25) is 5.15 Å². The van der Waals surface area contributed by atoms with Crippen molar-refractivity contribution in [2.45, 2.75) is 19.6 Å². The molecule has 2 heterocycles. The summed E-state index contributed by atoms with van der Waals surface area (Å²) in [6.45, 7) is 1.41. The Morgan fingerprint density at radius 3 is 2.90 bits per heavy atom. The number of rotatable bonds is 2. The molecule has 1 amide bonds. The zero-order valence-corrected chi connectivity index (χ0v) is 12.2. The van der Waals surface area contributed by atoms with Crippen LogP contribution in [0.5, 0.6) is 0 Å². The monoisotopic (exact) mass is 302 g/mol. The Bertz CT molecular complexity index is 646. The van der Waals surface area contributed by atoms with Gasteiger partial charge in [0, 0.05) is 19.3 Å². The highest BCUT2D eigenvalue weighted by Gasteiger charge is 2.23. The maximum atomic E-state index is 12.1. The maximum absolute atomic E-state index is 12.1. The molecule has 0 fully saturated rings. The van der Waals surface area contributed by atoms with Crippen molar-refractivity contribution in [1.82, 2.24) is 9.88 Å². The zero-order valence-electron chi connectivity index (χ0n) is 11.5. The molecule has 1 aliphatic heterocycles. The molecule has 0 spiro atoms. The van der Waals surface area contributed by atoms with Gasteiger partial charge < -0.3 is 9.64 Å². The molecule has 3 rings (SSSR count). The van der Waals surface area contributed by atoms with Crippen molar-refractivity contribution >= 4 is 17.7 Å². The van der Waals surface area contributed by atoms with Crippen molar-refractivity contribution in [3.63, 3.8) is 0 Å². The van der Waals surface area contributed by atoms with E-state index in [-0.39, 0.29) is 6.09 Å². The third-order valence-corrected chi connectivity index (χ3v) is 3.88. The normalized spacial score (nSPS) is 13.7. The van der Waals surface area contributed by atoms with E-state index in [9.17, 15) is 4.79 Å². The van der Waals surface area contributed by atoms with Crippen molar-refractivity contribution in [1.29, 1.82) is 0 Å². The van der Waals surface area contributed by atoms with E-state index in [2.05, 4.69) is 4.98 Å². The molecule has 5 heteroatoms. The summed E-state index contributed by atoms with van der Waals surface area (Å²) in [5.74, 6) is 0. The number of aromatic nitrogens is 1. The predicted molar refractivity (Wildman–Crippen MR) is 80.0 cm³/mol. The SMILES string of the molecule is O=C(OCc1ccccc1)N1CCc2c(ccnc2Cl)C1. The number of amides is 1. The van der Waals surface area contributed by atoms with Crippen LogP contribution in [0, 0.1) is 0 Å². The lowest BCUT2D eigenvalue weighted by Gasteiger charge is -2.28. The molecule has 1 aromatic carbocycles. The minimum atomic E-state index is -0.294. The summed E-state index contributed by atoms with van der Waals surface area (Å²) in [7, 11) is 0. The highest BCUT2D eigenvalue weighted by atomic mass is 35.5. The van der Waals surface area contributed by atoms with Crippen LogP contribution in [-0.2, 0) is 24.3 Å². The number of carbonyl (C=O) groups is 1. The Morgan fingerprint density at radius 1 is 1.29 bits per heavy atom. The number of nitrogens with zero attached hydrogens (tertiary/aromatic N) is 2. The van der Waals surface area contributed by atoms with Crippen molar-refractivity contribution in [3.8, 4) is 0 Å². The molecule has 21 heavy (non-hydrogen) atoms. The molecule has 0 radical (unpaired) electrons. The second-order valence-corrected chi connectivity index (χ2v) is 5.31. The van der Waals surface area contributed by atoms with Crippen LogP contribution in [0.4, 0.5) is 4.79 Å². The van der Waals surface area contributed by atoms with E-state index in [1.54, 1.807) is 11.1 Å². The molecular weight excluding hydrogens is 288 g/mol. The average molecular weight is 303 g/mol. The molecule has 0 atom stereocenters. The number of benzene rings is 1. The summed E-state index contributed by atoms with van der Waals surface area (Å²) in [4.78, 5) is 17.9. The number of ether oxygens (including phenoxy) is 1. The first-order chi connectivity index (χ1) is 10.2. The van der Waals surface area contributed by atoms with Gasteiger partial charge in [0.15, 0.2) is 0 Å². The molecule has 0 N–H and O–H groups in total. The molecule has 0 saturated heterocycles. The lowest BCUT2D eigenvalue weighted by atomic mass is 10.0. The van der Waals surface area contributed by atoms with Gasteiger partial charge in [0.1, 0.15) is 11.8 Å². The van der Waals surface area contributed by atoms with E-state index in [4.69, 9.17) is 16.3 Å². The van der Waals surface area contributed by atoms with Crippen molar-refractivity contribution < 1.29 is 9.53 Å². The third kappa shape index (κ3) is 3.16. The van der Waals surface area contributed by atoms with Crippen LogP contribution in [-0.4, -0.2) is 22.5 Å². The Hall–Kier alpha value is -2.07. The van der Waals surface area contributed by atoms with E-state index in [1.807, 2.05) is 36.4 Å². The van der Waals surface area contributed by atoms with Gasteiger partial charge >= 0.3 is 6.09 Å². The van der Waals surface area contributed by atoms with Gasteiger partial charge in [-0.15, -0.1) is 0 Å². The van der Waals surface area contributed by atoms with E-state index in [1.165, 1.54) is 0 Å². The van der Waals surface area contributed by atoms with Gasteiger partial charge in [-0.3, -0.25) is 0 Å². The van der Waals surface area contributed by atoms with E-state index in [0.29, 0.717) is 31.3 Å². The molecular formula is C16H15ClN2O2. The van der Waals surface area contributed by atoms with Crippen LogP contribution in [0.25, 0.3) is 0 Å². The van der Waals surface area contributed by atoms with Gasteiger partial charge in [0.25, 0.3) is 0 Å². The highest BCUT2D eigenvalue weighted by Crippen LogP contribution is 2.24. The van der Waals surface area contributed by atoms with Crippen molar-refractivity contribution in [3.05, 3.63) is 64.4 Å². The van der Waals surface area contributed by atoms with Crippen LogP contribution >= 0.6 is 11.6 Å². The first-order valence-corrected chi connectivity index (χ1v) is 7.20. The van der Waals surface area contributed by atoms with Crippen LogP contribution in [0.1, 0.15) is 16.7 Å². The number of pyridine rings is 1. The van der Waals surface area contributed by atoms with E-state index >= 15 is 0 Å². The molecule has 0 unspecified atom stereocenters. The highest BCUT2D eigenvalue weighted by molar-refractivity contribution is 6.30. The number of hydrogen-bond acceptors (Lipinski definition) is 3. The minimum Gasteiger partial charge on any atom is -0.445 e. The fourth-order valence-electron chi connectivity index (χ4n) is 2.41. The molecule has 0 saturated carbocycles. The summed E-state index contributed by atoms with van der Waals surface area (Å²) in [6, 6.07) is 11.6. The summed E-state index contributed by atoms with van der Waals surface area (Å²) < 4.78 is 5.35. The fraction of sp³-hybridized carbons (Fsp3) is 0.250. The second-order valence-electron chi connectivity index (χ2n) is 4.95. The zero-order chi connectivity index (χ0) is 14.7. The Morgan fingerprint density at radius 2 is 2.10 bits per heavy atom. The summed E-state index contributed by atoms with van der Waals surface area (Å²) >= 11 is 6.06. The number of carbonyl (C=O) groups excluding carboxylic acids is 1. The minimum absolute atomic E-state index is 0.292. The second kappa shape index (κ2) is 6.14. The lowest BCUT2D eigenvalue weighted by molar-refractivity contribution is 0.0918. The smallest absolute Gasteiger partial charge is 0.410 e. The molecule has 0 aliphatic carbocycles. The van der Waals surface area contributed by atoms with Gasteiger partial charge in [0.2, 0.25) is 0 Å².